The molecule has 0 bridgehead atoms. The molecule has 0 aliphatic heterocycles. The molecule has 68 valence electrons. The summed E-state index contributed by atoms with van der Waals surface area (Å²) in [5.41, 5.74) is 1.63. The van der Waals surface area contributed by atoms with Crippen LogP contribution in [-0.4, -0.2) is 57.1 Å². The average molecular weight is 163 g/mol. The molecule has 11 heavy (non-hydrogen) atoms. The minimum Gasteiger partial charge on any atom is -0.308 e. The molecule has 3 nitrogen and oxygen atoms in total. The highest BCUT2D eigenvalue weighted by atomic mass is 19.2. The van der Waals surface area contributed by atoms with Crippen LogP contribution >= 0.6 is 0 Å². The van der Waals surface area contributed by atoms with Crippen molar-refractivity contribution in [3.8, 4) is 0 Å². The van der Waals surface area contributed by atoms with Crippen molar-refractivity contribution in [1.82, 2.24) is 15.3 Å². The highest BCUT2D eigenvalue weighted by Gasteiger charge is 1.97. The summed E-state index contributed by atoms with van der Waals surface area (Å²) in [6.07, 6.45) is 0. The smallest absolute Gasteiger partial charge is 0.0387 e. The van der Waals surface area contributed by atoms with Gasteiger partial charge in [-0.25, -0.2) is 0 Å². The number of rotatable bonds is 6. The molecule has 0 aromatic rings. The zero-order valence-electron chi connectivity index (χ0n) is 7.60. The molecule has 0 aromatic carbocycles. The van der Waals surface area contributed by atoms with Crippen LogP contribution < -0.4 is 5.54 Å². The Hall–Kier alpha value is -0.190. The van der Waals surface area contributed by atoms with E-state index in [1.807, 2.05) is 21.1 Å². The second-order valence-corrected chi connectivity index (χ2v) is 2.99. The lowest BCUT2D eigenvalue weighted by atomic mass is 10.5. The lowest BCUT2D eigenvalue weighted by Crippen LogP contribution is -2.32. The molecule has 0 amide bonds. The van der Waals surface area contributed by atoms with Crippen LogP contribution in [0.5, 0.6) is 0 Å². The molecule has 0 spiro atoms. The van der Waals surface area contributed by atoms with E-state index in [1.165, 1.54) is 0 Å². The molecule has 4 heteroatoms. The Morgan fingerprint density at radius 1 is 1.09 bits per heavy atom. The second kappa shape index (κ2) is 6.52. The molecule has 0 fully saturated rings. The lowest BCUT2D eigenvalue weighted by Gasteiger charge is -2.18. The Kier molecular flexibility index (Phi) is 6.40. The zero-order chi connectivity index (χ0) is 8.69. The quantitative estimate of drug-likeness (QED) is 0.554. The molecular formula is C7H18FN3. The van der Waals surface area contributed by atoms with Crippen LogP contribution in [0.2, 0.25) is 0 Å². The van der Waals surface area contributed by atoms with Crippen molar-refractivity contribution in [2.75, 3.05) is 47.3 Å². The van der Waals surface area contributed by atoms with Crippen LogP contribution in [0.25, 0.3) is 0 Å². The maximum Gasteiger partial charge on any atom is 0.0387 e. The molecule has 0 aliphatic rings. The number of hydrogen-bond acceptors (Lipinski definition) is 3. The van der Waals surface area contributed by atoms with Crippen LogP contribution in [0.3, 0.4) is 0 Å². The van der Waals surface area contributed by atoms with Crippen molar-refractivity contribution < 1.29 is 4.48 Å². The third kappa shape index (κ3) is 7.71. The standard InChI is InChI=1S/C7H18FN3/c1-10(2)6-7-11(3)5-4-9-8/h9H,4-7H2,1-3H3. The largest absolute Gasteiger partial charge is 0.308 e. The van der Waals surface area contributed by atoms with Gasteiger partial charge in [0.15, 0.2) is 0 Å². The van der Waals surface area contributed by atoms with Crippen molar-refractivity contribution in [3.63, 3.8) is 0 Å². The molecule has 0 saturated heterocycles. The Morgan fingerprint density at radius 2 is 1.73 bits per heavy atom. The maximum atomic E-state index is 11.5. The summed E-state index contributed by atoms with van der Waals surface area (Å²) < 4.78 is 11.5. The van der Waals surface area contributed by atoms with Crippen molar-refractivity contribution >= 4 is 0 Å². The van der Waals surface area contributed by atoms with Gasteiger partial charge in [0.05, 0.1) is 0 Å². The number of likely N-dealkylation sites (N-methyl/N-ethyl adjacent to an activating group) is 2. The minimum atomic E-state index is 0.407. The third-order valence-corrected chi connectivity index (χ3v) is 1.52. The molecular weight excluding hydrogens is 145 g/mol. The van der Waals surface area contributed by atoms with Gasteiger partial charge in [-0.3, -0.25) is 0 Å². The predicted molar refractivity (Wildman–Crippen MR) is 45.2 cm³/mol. The van der Waals surface area contributed by atoms with Gasteiger partial charge < -0.3 is 9.80 Å². The van der Waals surface area contributed by atoms with Crippen LogP contribution in [0.1, 0.15) is 0 Å². The number of halogens is 1. The molecule has 0 atom stereocenters. The van der Waals surface area contributed by atoms with Gasteiger partial charge in [0.2, 0.25) is 0 Å². The highest BCUT2D eigenvalue weighted by molar-refractivity contribution is 4.53. The average Bonchev–Trinajstić information content (AvgIpc) is 1.97. The molecule has 1 N–H and O–H groups in total. The SMILES string of the molecule is CN(C)CCN(C)CCNF. The van der Waals surface area contributed by atoms with E-state index in [2.05, 4.69) is 9.80 Å². The van der Waals surface area contributed by atoms with Gasteiger partial charge in [-0.15, -0.1) is 4.48 Å². The van der Waals surface area contributed by atoms with E-state index >= 15 is 0 Å². The van der Waals surface area contributed by atoms with Crippen molar-refractivity contribution in [3.05, 3.63) is 0 Å². The summed E-state index contributed by atoms with van der Waals surface area (Å²) >= 11 is 0. The zero-order valence-corrected chi connectivity index (χ0v) is 7.60. The fourth-order valence-electron chi connectivity index (χ4n) is 0.716. The topological polar surface area (TPSA) is 18.5 Å². The van der Waals surface area contributed by atoms with E-state index in [9.17, 15) is 4.48 Å². The van der Waals surface area contributed by atoms with Gasteiger partial charge in [0.1, 0.15) is 0 Å². The van der Waals surface area contributed by atoms with E-state index in [0.29, 0.717) is 6.54 Å². The van der Waals surface area contributed by atoms with Crippen LogP contribution in [0.15, 0.2) is 0 Å². The molecule has 0 heterocycles. The summed E-state index contributed by atoms with van der Waals surface area (Å²) in [5.74, 6) is 0. The Morgan fingerprint density at radius 3 is 2.18 bits per heavy atom. The highest BCUT2D eigenvalue weighted by Crippen LogP contribution is 1.82. The molecule has 0 rings (SSSR count). The van der Waals surface area contributed by atoms with Gasteiger partial charge in [-0.1, -0.05) is 0 Å². The third-order valence-electron chi connectivity index (χ3n) is 1.52. The molecule has 0 aliphatic carbocycles. The monoisotopic (exact) mass is 163 g/mol. The van der Waals surface area contributed by atoms with Gasteiger partial charge >= 0.3 is 0 Å². The first-order valence-electron chi connectivity index (χ1n) is 3.83. The van der Waals surface area contributed by atoms with Crippen LogP contribution in [0.4, 0.5) is 4.48 Å². The second-order valence-electron chi connectivity index (χ2n) is 2.99. The summed E-state index contributed by atoms with van der Waals surface area (Å²) in [5, 5.41) is 0. The minimum absolute atomic E-state index is 0.407. The number of hydrogen-bond donors (Lipinski definition) is 1. The van der Waals surface area contributed by atoms with E-state index in [0.717, 1.165) is 19.6 Å². The Labute approximate surface area is 68.1 Å². The van der Waals surface area contributed by atoms with Crippen LogP contribution in [0, 0.1) is 0 Å². The maximum absolute atomic E-state index is 11.5. The fourth-order valence-corrected chi connectivity index (χ4v) is 0.716. The van der Waals surface area contributed by atoms with E-state index < -0.39 is 0 Å². The van der Waals surface area contributed by atoms with Crippen LogP contribution in [-0.2, 0) is 0 Å². The number of nitrogens with one attached hydrogen (secondary N) is 1. The van der Waals surface area contributed by atoms with E-state index in [4.69, 9.17) is 0 Å². The van der Waals surface area contributed by atoms with Crippen molar-refractivity contribution in [2.45, 2.75) is 0 Å². The normalized spacial score (nSPS) is 11.5. The van der Waals surface area contributed by atoms with Crippen molar-refractivity contribution in [2.24, 2.45) is 0 Å². The van der Waals surface area contributed by atoms with Gasteiger partial charge in [-0.2, -0.15) is 5.54 Å². The van der Waals surface area contributed by atoms with Gasteiger partial charge in [0, 0.05) is 26.2 Å². The van der Waals surface area contributed by atoms with E-state index in [1.54, 1.807) is 5.54 Å². The summed E-state index contributed by atoms with van der Waals surface area (Å²) in [6.45, 7) is 3.16. The van der Waals surface area contributed by atoms with Gasteiger partial charge in [0.25, 0.3) is 0 Å². The molecule has 0 radical (unpaired) electrons. The predicted octanol–water partition coefficient (Wildman–Crippen LogP) is -0.0461. The number of nitrogens with zero attached hydrogens (tertiary/aromatic N) is 2. The van der Waals surface area contributed by atoms with Gasteiger partial charge in [-0.05, 0) is 21.1 Å². The Bertz CT molecular complexity index is 87.8. The fraction of sp³-hybridized carbons (Fsp3) is 1.00. The first kappa shape index (κ1) is 10.8. The first-order chi connectivity index (χ1) is 5.16. The van der Waals surface area contributed by atoms with Crippen molar-refractivity contribution in [1.29, 1.82) is 0 Å². The molecule has 0 aromatic heterocycles. The molecule has 0 unspecified atom stereocenters. The Balaban J connectivity index is 3.15. The first-order valence-corrected chi connectivity index (χ1v) is 3.83. The summed E-state index contributed by atoms with van der Waals surface area (Å²) in [6, 6.07) is 0. The summed E-state index contributed by atoms with van der Waals surface area (Å²) in [4.78, 5) is 4.20. The summed E-state index contributed by atoms with van der Waals surface area (Å²) in [7, 11) is 6.04. The lowest BCUT2D eigenvalue weighted by molar-refractivity contribution is 0.250. The van der Waals surface area contributed by atoms with E-state index in [-0.39, 0.29) is 0 Å². The molecule has 0 saturated carbocycles.